The third kappa shape index (κ3) is 3.55. The zero-order valence-corrected chi connectivity index (χ0v) is 8.18. The first-order chi connectivity index (χ1) is 5.83. The van der Waals surface area contributed by atoms with Gasteiger partial charge in [-0.25, -0.2) is 0 Å². The van der Waals surface area contributed by atoms with Gasteiger partial charge in [-0.2, -0.15) is 0 Å². The van der Waals surface area contributed by atoms with Gasteiger partial charge in [-0.15, -0.1) is 0 Å². The highest BCUT2D eigenvalue weighted by Crippen LogP contribution is 2.17. The molecule has 0 aliphatic heterocycles. The predicted octanol–water partition coefficient (Wildman–Crippen LogP) is 1.50. The number of rotatable bonds is 5. The fourth-order valence-corrected chi connectivity index (χ4v) is 1.88. The molecule has 1 fully saturated rings. The Morgan fingerprint density at radius 3 is 2.67 bits per heavy atom. The molecule has 1 saturated carbocycles. The first kappa shape index (κ1) is 10.0. The zero-order chi connectivity index (χ0) is 8.81. The molecule has 0 aromatic carbocycles. The molecule has 1 aliphatic carbocycles. The van der Waals surface area contributed by atoms with Gasteiger partial charge in [-0.1, -0.05) is 19.8 Å². The maximum Gasteiger partial charge on any atom is 0.00671 e. The Hall–Kier alpha value is -0.0800. The van der Waals surface area contributed by atoms with Gasteiger partial charge in [-0.05, 0) is 38.3 Å². The summed E-state index contributed by atoms with van der Waals surface area (Å²) < 4.78 is 0. The second-order valence-corrected chi connectivity index (χ2v) is 4.07. The minimum Gasteiger partial charge on any atom is -0.330 e. The van der Waals surface area contributed by atoms with Crippen molar-refractivity contribution in [2.24, 2.45) is 11.7 Å². The molecule has 2 heteroatoms. The molecular weight excluding hydrogens is 148 g/mol. The monoisotopic (exact) mass is 170 g/mol. The number of hydrogen-bond donors (Lipinski definition) is 2. The van der Waals surface area contributed by atoms with Gasteiger partial charge in [0.15, 0.2) is 0 Å². The predicted molar refractivity (Wildman–Crippen MR) is 53.1 cm³/mol. The SMILES string of the molecule is CC(CCN)CNC1CCCC1. The van der Waals surface area contributed by atoms with Crippen LogP contribution in [0.2, 0.25) is 0 Å². The number of hydrogen-bond acceptors (Lipinski definition) is 2. The highest BCUT2D eigenvalue weighted by Gasteiger charge is 2.14. The van der Waals surface area contributed by atoms with E-state index in [9.17, 15) is 0 Å². The highest BCUT2D eigenvalue weighted by atomic mass is 14.9. The molecule has 72 valence electrons. The Morgan fingerprint density at radius 1 is 1.42 bits per heavy atom. The first-order valence-electron chi connectivity index (χ1n) is 5.26. The standard InChI is InChI=1S/C10H22N2/c1-9(6-7-11)8-12-10-4-2-3-5-10/h9-10,12H,2-8,11H2,1H3. The van der Waals surface area contributed by atoms with Crippen LogP contribution in [0, 0.1) is 5.92 Å². The summed E-state index contributed by atoms with van der Waals surface area (Å²) in [5, 5.41) is 3.61. The maximum absolute atomic E-state index is 5.49. The quantitative estimate of drug-likeness (QED) is 0.656. The van der Waals surface area contributed by atoms with Crippen molar-refractivity contribution >= 4 is 0 Å². The lowest BCUT2D eigenvalue weighted by atomic mass is 10.1. The van der Waals surface area contributed by atoms with Gasteiger partial charge in [0.25, 0.3) is 0 Å². The van der Waals surface area contributed by atoms with Crippen molar-refractivity contribution in [1.82, 2.24) is 5.32 Å². The molecule has 1 aliphatic rings. The molecule has 1 unspecified atom stereocenters. The Labute approximate surface area is 75.9 Å². The Balaban J connectivity index is 1.99. The van der Waals surface area contributed by atoms with Crippen LogP contribution < -0.4 is 11.1 Å². The Kier molecular flexibility index (Phi) is 4.62. The van der Waals surface area contributed by atoms with E-state index in [2.05, 4.69) is 12.2 Å². The van der Waals surface area contributed by atoms with E-state index in [1.165, 1.54) is 25.7 Å². The largest absolute Gasteiger partial charge is 0.330 e. The second-order valence-electron chi connectivity index (χ2n) is 4.07. The Morgan fingerprint density at radius 2 is 2.08 bits per heavy atom. The van der Waals surface area contributed by atoms with Crippen molar-refractivity contribution in [2.45, 2.75) is 45.1 Å². The summed E-state index contributed by atoms with van der Waals surface area (Å²) in [4.78, 5) is 0. The third-order valence-corrected chi connectivity index (χ3v) is 2.77. The van der Waals surface area contributed by atoms with Gasteiger partial charge < -0.3 is 11.1 Å². The van der Waals surface area contributed by atoms with Crippen LogP contribution in [0.5, 0.6) is 0 Å². The van der Waals surface area contributed by atoms with Crippen molar-refractivity contribution < 1.29 is 0 Å². The van der Waals surface area contributed by atoms with E-state index in [1.54, 1.807) is 0 Å². The summed E-state index contributed by atoms with van der Waals surface area (Å²) in [6.07, 6.45) is 6.76. The molecule has 0 aromatic heterocycles. The van der Waals surface area contributed by atoms with Crippen molar-refractivity contribution in [3.05, 3.63) is 0 Å². The lowest BCUT2D eigenvalue weighted by Gasteiger charge is -2.15. The molecule has 0 amide bonds. The van der Waals surface area contributed by atoms with Crippen LogP contribution in [-0.2, 0) is 0 Å². The summed E-state index contributed by atoms with van der Waals surface area (Å²) >= 11 is 0. The zero-order valence-electron chi connectivity index (χ0n) is 8.18. The molecule has 0 heterocycles. The molecule has 0 bridgehead atoms. The van der Waals surface area contributed by atoms with E-state index in [-0.39, 0.29) is 0 Å². The van der Waals surface area contributed by atoms with Crippen LogP contribution in [0.15, 0.2) is 0 Å². The van der Waals surface area contributed by atoms with Crippen molar-refractivity contribution in [3.63, 3.8) is 0 Å². The molecule has 0 aromatic rings. The fourth-order valence-electron chi connectivity index (χ4n) is 1.88. The lowest BCUT2D eigenvalue weighted by molar-refractivity contribution is 0.434. The maximum atomic E-state index is 5.49. The molecule has 1 atom stereocenters. The number of nitrogens with one attached hydrogen (secondary N) is 1. The molecule has 3 N–H and O–H groups in total. The molecule has 0 saturated heterocycles. The van der Waals surface area contributed by atoms with Crippen LogP contribution in [0.4, 0.5) is 0 Å². The summed E-state index contributed by atoms with van der Waals surface area (Å²) in [6.45, 7) is 4.25. The van der Waals surface area contributed by atoms with Gasteiger partial charge in [0.05, 0.1) is 0 Å². The second kappa shape index (κ2) is 5.55. The van der Waals surface area contributed by atoms with Gasteiger partial charge in [0, 0.05) is 6.04 Å². The van der Waals surface area contributed by atoms with E-state index in [0.717, 1.165) is 31.5 Å². The van der Waals surface area contributed by atoms with Gasteiger partial charge in [-0.3, -0.25) is 0 Å². The van der Waals surface area contributed by atoms with Crippen molar-refractivity contribution in [3.8, 4) is 0 Å². The van der Waals surface area contributed by atoms with Gasteiger partial charge >= 0.3 is 0 Å². The van der Waals surface area contributed by atoms with Crippen molar-refractivity contribution in [1.29, 1.82) is 0 Å². The average Bonchev–Trinajstić information content (AvgIpc) is 2.53. The van der Waals surface area contributed by atoms with Gasteiger partial charge in [0.1, 0.15) is 0 Å². The van der Waals surface area contributed by atoms with Crippen LogP contribution in [0.3, 0.4) is 0 Å². The molecule has 0 radical (unpaired) electrons. The summed E-state index contributed by atoms with van der Waals surface area (Å²) in [5.41, 5.74) is 5.49. The highest BCUT2D eigenvalue weighted by molar-refractivity contribution is 4.74. The van der Waals surface area contributed by atoms with Crippen LogP contribution >= 0.6 is 0 Å². The molecule has 12 heavy (non-hydrogen) atoms. The average molecular weight is 170 g/mol. The normalized spacial score (nSPS) is 21.5. The minimum absolute atomic E-state index is 0.746. The van der Waals surface area contributed by atoms with Crippen LogP contribution in [0.25, 0.3) is 0 Å². The van der Waals surface area contributed by atoms with E-state index in [0.29, 0.717) is 0 Å². The summed E-state index contributed by atoms with van der Waals surface area (Å²) in [6, 6.07) is 0.810. The van der Waals surface area contributed by atoms with Crippen molar-refractivity contribution in [2.75, 3.05) is 13.1 Å². The number of nitrogens with two attached hydrogens (primary N) is 1. The van der Waals surface area contributed by atoms with E-state index in [4.69, 9.17) is 5.73 Å². The lowest BCUT2D eigenvalue weighted by Crippen LogP contribution is -2.31. The van der Waals surface area contributed by atoms with Gasteiger partial charge in [0.2, 0.25) is 0 Å². The summed E-state index contributed by atoms with van der Waals surface area (Å²) in [7, 11) is 0. The Bertz CT molecular complexity index is 108. The van der Waals surface area contributed by atoms with E-state index >= 15 is 0 Å². The first-order valence-corrected chi connectivity index (χ1v) is 5.26. The molecule has 0 spiro atoms. The third-order valence-electron chi connectivity index (χ3n) is 2.77. The fraction of sp³-hybridized carbons (Fsp3) is 1.00. The smallest absolute Gasteiger partial charge is 0.00671 e. The van der Waals surface area contributed by atoms with Crippen LogP contribution in [-0.4, -0.2) is 19.1 Å². The summed E-state index contributed by atoms with van der Waals surface area (Å²) in [5.74, 6) is 0.746. The van der Waals surface area contributed by atoms with E-state index < -0.39 is 0 Å². The molecular formula is C10H22N2. The topological polar surface area (TPSA) is 38.0 Å². The molecule has 1 rings (SSSR count). The minimum atomic E-state index is 0.746. The van der Waals surface area contributed by atoms with E-state index in [1.807, 2.05) is 0 Å². The van der Waals surface area contributed by atoms with Crippen LogP contribution in [0.1, 0.15) is 39.0 Å². The molecule has 2 nitrogen and oxygen atoms in total.